The quantitative estimate of drug-likeness (QED) is 0.428. The number of ether oxygens (including phenoxy) is 2. The Labute approximate surface area is 167 Å². The Hall–Kier alpha value is -2.50. The van der Waals surface area contributed by atoms with Crippen molar-refractivity contribution < 1.29 is 19.1 Å². The van der Waals surface area contributed by atoms with Gasteiger partial charge in [0.15, 0.2) is 0 Å². The highest BCUT2D eigenvalue weighted by Gasteiger charge is 2.33. The average molecular weight is 389 g/mol. The minimum Gasteiger partial charge on any atom is -0.493 e. The molecule has 1 aliphatic rings. The molecule has 1 aromatic carbocycles. The first-order valence-corrected chi connectivity index (χ1v) is 10.3. The van der Waals surface area contributed by atoms with Gasteiger partial charge in [0.1, 0.15) is 5.75 Å². The lowest BCUT2D eigenvalue weighted by Gasteiger charge is -2.29. The van der Waals surface area contributed by atoms with E-state index in [0.717, 1.165) is 31.2 Å². The number of carbonyl (C=O) groups is 2. The SMILES string of the molecule is CCCCCCCOC(=O)C1=C(C)NC(=O)N[C@@H]1c1ccccc1OCCC. The van der Waals surface area contributed by atoms with Gasteiger partial charge in [-0.1, -0.05) is 57.7 Å². The van der Waals surface area contributed by atoms with Gasteiger partial charge in [-0.15, -0.1) is 0 Å². The Morgan fingerprint density at radius 1 is 1.04 bits per heavy atom. The molecular weight excluding hydrogens is 356 g/mol. The van der Waals surface area contributed by atoms with E-state index in [1.165, 1.54) is 12.8 Å². The molecule has 0 unspecified atom stereocenters. The van der Waals surface area contributed by atoms with Crippen molar-refractivity contribution >= 4 is 12.0 Å². The van der Waals surface area contributed by atoms with Crippen LogP contribution in [-0.2, 0) is 9.53 Å². The lowest BCUT2D eigenvalue weighted by Crippen LogP contribution is -2.45. The highest BCUT2D eigenvalue weighted by molar-refractivity contribution is 5.95. The fraction of sp³-hybridized carbons (Fsp3) is 0.545. The topological polar surface area (TPSA) is 76.7 Å². The number of allylic oxidation sites excluding steroid dienone is 1. The highest BCUT2D eigenvalue weighted by Crippen LogP contribution is 2.33. The van der Waals surface area contributed by atoms with Crippen molar-refractivity contribution in [1.29, 1.82) is 0 Å². The molecule has 1 aliphatic heterocycles. The molecule has 0 bridgehead atoms. The molecule has 154 valence electrons. The lowest BCUT2D eigenvalue weighted by atomic mass is 9.95. The van der Waals surface area contributed by atoms with Gasteiger partial charge in [-0.3, -0.25) is 0 Å². The number of hydrogen-bond acceptors (Lipinski definition) is 4. The first-order valence-electron chi connectivity index (χ1n) is 10.3. The average Bonchev–Trinajstić information content (AvgIpc) is 2.68. The predicted octanol–water partition coefficient (Wildman–Crippen LogP) is 4.62. The molecule has 2 N–H and O–H groups in total. The molecule has 6 heteroatoms. The van der Waals surface area contributed by atoms with Crippen LogP contribution in [0.3, 0.4) is 0 Å². The maximum atomic E-state index is 12.8. The Bertz CT molecular complexity index is 700. The van der Waals surface area contributed by atoms with E-state index in [-0.39, 0.29) is 6.03 Å². The lowest BCUT2D eigenvalue weighted by molar-refractivity contribution is -0.139. The van der Waals surface area contributed by atoms with Gasteiger partial charge in [0.05, 0.1) is 24.8 Å². The molecule has 0 fully saturated rings. The fourth-order valence-corrected chi connectivity index (χ4v) is 3.21. The number of para-hydroxylation sites is 1. The molecule has 2 amide bonds. The van der Waals surface area contributed by atoms with Gasteiger partial charge >= 0.3 is 12.0 Å². The third-order valence-electron chi connectivity index (χ3n) is 4.66. The number of urea groups is 1. The van der Waals surface area contributed by atoms with E-state index >= 15 is 0 Å². The van der Waals surface area contributed by atoms with Gasteiger partial charge in [-0.25, -0.2) is 9.59 Å². The number of benzene rings is 1. The number of rotatable bonds is 11. The maximum absolute atomic E-state index is 12.8. The van der Waals surface area contributed by atoms with Crippen molar-refractivity contribution in [2.45, 2.75) is 65.3 Å². The van der Waals surface area contributed by atoms with Crippen LogP contribution in [0.1, 0.15) is 70.9 Å². The van der Waals surface area contributed by atoms with Crippen molar-refractivity contribution in [1.82, 2.24) is 10.6 Å². The molecule has 0 spiro atoms. The molecule has 1 atom stereocenters. The molecule has 0 aromatic heterocycles. The van der Waals surface area contributed by atoms with Gasteiger partial charge < -0.3 is 20.1 Å². The number of esters is 1. The fourth-order valence-electron chi connectivity index (χ4n) is 3.21. The molecule has 0 saturated carbocycles. The highest BCUT2D eigenvalue weighted by atomic mass is 16.5. The Morgan fingerprint density at radius 2 is 1.79 bits per heavy atom. The van der Waals surface area contributed by atoms with Crippen molar-refractivity contribution in [2.75, 3.05) is 13.2 Å². The molecule has 1 aromatic rings. The molecule has 0 radical (unpaired) electrons. The number of carbonyl (C=O) groups excluding carboxylic acids is 2. The second-order valence-electron chi connectivity index (χ2n) is 7.01. The van der Waals surface area contributed by atoms with Crippen LogP contribution in [0.2, 0.25) is 0 Å². The van der Waals surface area contributed by atoms with E-state index in [9.17, 15) is 9.59 Å². The predicted molar refractivity (Wildman–Crippen MR) is 109 cm³/mol. The minimum absolute atomic E-state index is 0.344. The summed E-state index contributed by atoms with van der Waals surface area (Å²) >= 11 is 0. The zero-order valence-corrected chi connectivity index (χ0v) is 17.2. The summed E-state index contributed by atoms with van der Waals surface area (Å²) in [6.45, 7) is 6.87. The summed E-state index contributed by atoms with van der Waals surface area (Å²) in [5.74, 6) is 0.255. The van der Waals surface area contributed by atoms with Crippen molar-refractivity contribution in [2.24, 2.45) is 0 Å². The number of nitrogens with one attached hydrogen (secondary N) is 2. The van der Waals surface area contributed by atoms with Gasteiger partial charge in [0.2, 0.25) is 0 Å². The van der Waals surface area contributed by atoms with Crippen molar-refractivity contribution in [3.8, 4) is 5.75 Å². The van der Waals surface area contributed by atoms with E-state index in [4.69, 9.17) is 9.47 Å². The Kier molecular flexibility index (Phi) is 8.85. The van der Waals surface area contributed by atoms with Gasteiger partial charge in [0, 0.05) is 11.3 Å². The summed E-state index contributed by atoms with van der Waals surface area (Å²) in [4.78, 5) is 24.9. The summed E-state index contributed by atoms with van der Waals surface area (Å²) in [7, 11) is 0. The van der Waals surface area contributed by atoms with Crippen LogP contribution < -0.4 is 15.4 Å². The van der Waals surface area contributed by atoms with E-state index in [1.54, 1.807) is 6.92 Å². The van der Waals surface area contributed by atoms with E-state index in [0.29, 0.717) is 30.2 Å². The maximum Gasteiger partial charge on any atom is 0.338 e. The normalized spacial score (nSPS) is 16.4. The molecule has 2 rings (SSSR count). The molecular formula is C22H32N2O4. The molecule has 28 heavy (non-hydrogen) atoms. The smallest absolute Gasteiger partial charge is 0.338 e. The monoisotopic (exact) mass is 388 g/mol. The Balaban J connectivity index is 2.15. The minimum atomic E-state index is -0.602. The second-order valence-corrected chi connectivity index (χ2v) is 7.01. The first kappa shape index (κ1) is 21.8. The Morgan fingerprint density at radius 3 is 2.54 bits per heavy atom. The zero-order chi connectivity index (χ0) is 20.4. The molecule has 1 heterocycles. The second kappa shape index (κ2) is 11.4. The van der Waals surface area contributed by atoms with Crippen LogP contribution in [0.25, 0.3) is 0 Å². The van der Waals surface area contributed by atoms with Gasteiger partial charge in [0.25, 0.3) is 0 Å². The van der Waals surface area contributed by atoms with Crippen LogP contribution in [0, 0.1) is 0 Å². The van der Waals surface area contributed by atoms with Crippen LogP contribution in [-0.4, -0.2) is 25.2 Å². The van der Waals surface area contributed by atoms with Gasteiger partial charge in [-0.05, 0) is 25.8 Å². The largest absolute Gasteiger partial charge is 0.493 e. The van der Waals surface area contributed by atoms with Crippen LogP contribution in [0.4, 0.5) is 4.79 Å². The number of hydrogen-bond donors (Lipinski definition) is 2. The summed E-state index contributed by atoms with van der Waals surface area (Å²) in [6, 6.07) is 6.52. The standard InChI is InChI=1S/C22H32N2O4/c1-4-6-7-8-11-15-28-21(25)19-16(3)23-22(26)24-20(19)17-12-9-10-13-18(17)27-14-5-2/h9-10,12-13,20H,4-8,11,14-15H2,1-3H3,(H2,23,24,26)/t20-/m1/s1. The van der Waals surface area contributed by atoms with Gasteiger partial charge in [-0.2, -0.15) is 0 Å². The van der Waals surface area contributed by atoms with Crippen molar-refractivity contribution in [3.63, 3.8) is 0 Å². The zero-order valence-electron chi connectivity index (χ0n) is 17.2. The number of unbranched alkanes of at least 4 members (excludes halogenated alkanes) is 4. The van der Waals surface area contributed by atoms with Crippen LogP contribution in [0.5, 0.6) is 5.75 Å². The summed E-state index contributed by atoms with van der Waals surface area (Å²) in [5, 5.41) is 5.52. The van der Waals surface area contributed by atoms with E-state index < -0.39 is 12.0 Å². The van der Waals surface area contributed by atoms with E-state index in [1.807, 2.05) is 31.2 Å². The molecule has 6 nitrogen and oxygen atoms in total. The number of amides is 2. The summed E-state index contributed by atoms with van der Waals surface area (Å²) < 4.78 is 11.3. The van der Waals surface area contributed by atoms with E-state index in [2.05, 4.69) is 17.6 Å². The van der Waals surface area contributed by atoms with Crippen molar-refractivity contribution in [3.05, 3.63) is 41.1 Å². The first-order chi connectivity index (χ1) is 13.6. The third-order valence-corrected chi connectivity index (χ3v) is 4.66. The summed E-state index contributed by atoms with van der Waals surface area (Å²) in [5.41, 5.74) is 1.68. The molecule has 0 saturated heterocycles. The third kappa shape index (κ3) is 6.01. The van der Waals surface area contributed by atoms with Crippen LogP contribution in [0.15, 0.2) is 35.5 Å². The summed E-state index contributed by atoms with van der Waals surface area (Å²) in [6.07, 6.45) is 6.29. The molecule has 0 aliphatic carbocycles. The van der Waals surface area contributed by atoms with Crippen LogP contribution >= 0.6 is 0 Å².